The molecule has 0 aliphatic heterocycles. The first-order valence-electron chi connectivity index (χ1n) is 5.74. The molecular formula is C15H14OS. The van der Waals surface area contributed by atoms with Crippen molar-refractivity contribution in [2.24, 2.45) is 0 Å². The highest BCUT2D eigenvalue weighted by Crippen LogP contribution is 2.26. The van der Waals surface area contributed by atoms with Gasteiger partial charge in [-0.05, 0) is 37.6 Å². The largest absolute Gasteiger partial charge is 0.464 e. The molecule has 0 bridgehead atoms. The smallest absolute Gasteiger partial charge is 0.134 e. The highest BCUT2D eigenvalue weighted by atomic mass is 32.1. The molecule has 0 saturated heterocycles. The Kier molecular flexibility index (Phi) is 2.52. The van der Waals surface area contributed by atoms with E-state index in [1.165, 1.54) is 26.3 Å². The number of aryl methyl sites for hydroxylation is 2. The first kappa shape index (κ1) is 10.6. The molecule has 0 fully saturated rings. The van der Waals surface area contributed by atoms with E-state index < -0.39 is 0 Å². The predicted octanol–water partition coefficient (Wildman–Crippen LogP) is 4.70. The Morgan fingerprint density at radius 3 is 2.76 bits per heavy atom. The molecule has 0 spiro atoms. The topological polar surface area (TPSA) is 13.1 Å². The van der Waals surface area contributed by atoms with Crippen LogP contribution in [0.15, 0.2) is 41.0 Å². The molecule has 0 saturated carbocycles. The molecule has 2 aromatic heterocycles. The number of hydrogen-bond acceptors (Lipinski definition) is 2. The van der Waals surface area contributed by atoms with E-state index >= 15 is 0 Å². The Labute approximate surface area is 105 Å². The minimum atomic E-state index is 0.967. The summed E-state index contributed by atoms with van der Waals surface area (Å²) in [5.41, 5.74) is 3.51. The summed E-state index contributed by atoms with van der Waals surface area (Å²) in [6.45, 7) is 4.23. The second-order valence-electron chi connectivity index (χ2n) is 4.45. The Hall–Kier alpha value is -1.54. The lowest BCUT2D eigenvalue weighted by Gasteiger charge is -1.96. The van der Waals surface area contributed by atoms with Gasteiger partial charge in [0, 0.05) is 27.1 Å². The number of fused-ring (bicyclic) bond motifs is 1. The quantitative estimate of drug-likeness (QED) is 0.634. The SMILES string of the molecule is Cc1ccc2c(Cc3ccc(C)s3)coc2c1. The van der Waals surface area contributed by atoms with Crippen LogP contribution in [0.2, 0.25) is 0 Å². The molecule has 2 heterocycles. The highest BCUT2D eigenvalue weighted by Gasteiger charge is 2.07. The lowest BCUT2D eigenvalue weighted by atomic mass is 10.1. The fraction of sp³-hybridized carbons (Fsp3) is 0.200. The third-order valence-electron chi connectivity index (χ3n) is 2.97. The maximum absolute atomic E-state index is 5.61. The molecule has 0 amide bonds. The predicted molar refractivity (Wildman–Crippen MR) is 72.8 cm³/mol. The third-order valence-corrected chi connectivity index (χ3v) is 3.97. The van der Waals surface area contributed by atoms with Crippen molar-refractivity contribution in [3.05, 3.63) is 57.5 Å². The van der Waals surface area contributed by atoms with E-state index in [1.807, 2.05) is 17.6 Å². The Morgan fingerprint density at radius 2 is 2.00 bits per heavy atom. The van der Waals surface area contributed by atoms with Crippen molar-refractivity contribution in [3.8, 4) is 0 Å². The van der Waals surface area contributed by atoms with Gasteiger partial charge in [-0.15, -0.1) is 11.3 Å². The average molecular weight is 242 g/mol. The summed E-state index contributed by atoms with van der Waals surface area (Å²) in [7, 11) is 0. The lowest BCUT2D eigenvalue weighted by Crippen LogP contribution is -1.81. The van der Waals surface area contributed by atoms with Crippen LogP contribution in [-0.2, 0) is 6.42 Å². The van der Waals surface area contributed by atoms with E-state index in [2.05, 4.69) is 44.2 Å². The first-order chi connectivity index (χ1) is 8.22. The molecule has 0 N–H and O–H groups in total. The van der Waals surface area contributed by atoms with Gasteiger partial charge in [0.05, 0.1) is 6.26 Å². The first-order valence-corrected chi connectivity index (χ1v) is 6.56. The Balaban J connectivity index is 2.00. The normalized spacial score (nSPS) is 11.2. The summed E-state index contributed by atoms with van der Waals surface area (Å²) in [6.07, 6.45) is 2.85. The van der Waals surface area contributed by atoms with E-state index in [-0.39, 0.29) is 0 Å². The standard InChI is InChI=1S/C15H14OS/c1-10-3-6-14-12(9-16-15(14)7-10)8-13-5-4-11(2)17-13/h3-7,9H,8H2,1-2H3. The zero-order valence-corrected chi connectivity index (χ0v) is 10.8. The van der Waals surface area contributed by atoms with Crippen LogP contribution >= 0.6 is 11.3 Å². The van der Waals surface area contributed by atoms with Crippen molar-refractivity contribution in [3.63, 3.8) is 0 Å². The van der Waals surface area contributed by atoms with Crippen LogP contribution in [-0.4, -0.2) is 0 Å². The number of thiophene rings is 1. The molecule has 17 heavy (non-hydrogen) atoms. The van der Waals surface area contributed by atoms with E-state index in [0.717, 1.165) is 12.0 Å². The van der Waals surface area contributed by atoms with Crippen molar-refractivity contribution in [2.75, 3.05) is 0 Å². The van der Waals surface area contributed by atoms with E-state index in [1.54, 1.807) is 0 Å². The van der Waals surface area contributed by atoms with Gasteiger partial charge in [0.1, 0.15) is 5.58 Å². The van der Waals surface area contributed by atoms with Crippen LogP contribution in [0.25, 0.3) is 11.0 Å². The number of rotatable bonds is 2. The zero-order chi connectivity index (χ0) is 11.8. The van der Waals surface area contributed by atoms with Gasteiger partial charge in [0.2, 0.25) is 0 Å². The average Bonchev–Trinajstić information content (AvgIpc) is 2.86. The van der Waals surface area contributed by atoms with Crippen LogP contribution < -0.4 is 0 Å². The number of hydrogen-bond donors (Lipinski definition) is 0. The van der Waals surface area contributed by atoms with Crippen molar-refractivity contribution >= 4 is 22.3 Å². The molecule has 0 radical (unpaired) electrons. The minimum Gasteiger partial charge on any atom is -0.464 e. The second-order valence-corrected chi connectivity index (χ2v) is 5.82. The molecule has 1 aromatic carbocycles. The van der Waals surface area contributed by atoms with Crippen LogP contribution in [0, 0.1) is 13.8 Å². The Bertz CT molecular complexity index is 660. The highest BCUT2D eigenvalue weighted by molar-refractivity contribution is 7.11. The van der Waals surface area contributed by atoms with Gasteiger partial charge in [-0.1, -0.05) is 12.1 Å². The van der Waals surface area contributed by atoms with Crippen molar-refractivity contribution in [1.29, 1.82) is 0 Å². The molecule has 2 heteroatoms. The molecule has 1 nitrogen and oxygen atoms in total. The van der Waals surface area contributed by atoms with E-state index in [0.29, 0.717) is 0 Å². The fourth-order valence-corrected chi connectivity index (χ4v) is 3.01. The summed E-state index contributed by atoms with van der Waals surface area (Å²) in [5.74, 6) is 0. The zero-order valence-electron chi connectivity index (χ0n) is 9.99. The summed E-state index contributed by atoms with van der Waals surface area (Å²) < 4.78 is 5.61. The van der Waals surface area contributed by atoms with Gasteiger partial charge in [-0.2, -0.15) is 0 Å². The Morgan fingerprint density at radius 1 is 1.12 bits per heavy atom. The summed E-state index contributed by atoms with van der Waals surface area (Å²) in [5, 5.41) is 1.24. The fourth-order valence-electron chi connectivity index (χ4n) is 2.10. The van der Waals surface area contributed by atoms with Gasteiger partial charge in [-0.3, -0.25) is 0 Å². The summed E-state index contributed by atoms with van der Waals surface area (Å²) in [4.78, 5) is 2.76. The minimum absolute atomic E-state index is 0.967. The molecule has 0 aliphatic rings. The van der Waals surface area contributed by atoms with E-state index in [4.69, 9.17) is 4.42 Å². The van der Waals surface area contributed by atoms with Gasteiger partial charge in [-0.25, -0.2) is 0 Å². The lowest BCUT2D eigenvalue weighted by molar-refractivity contribution is 0.611. The van der Waals surface area contributed by atoms with Gasteiger partial charge < -0.3 is 4.42 Å². The molecule has 0 aliphatic carbocycles. The van der Waals surface area contributed by atoms with Crippen molar-refractivity contribution in [1.82, 2.24) is 0 Å². The molecule has 86 valence electrons. The summed E-state index contributed by atoms with van der Waals surface area (Å²) in [6, 6.07) is 10.8. The molecule has 0 atom stereocenters. The maximum atomic E-state index is 5.61. The molecular weight excluding hydrogens is 228 g/mol. The van der Waals surface area contributed by atoms with E-state index in [9.17, 15) is 0 Å². The number of benzene rings is 1. The molecule has 0 unspecified atom stereocenters. The van der Waals surface area contributed by atoms with Crippen LogP contribution in [0.3, 0.4) is 0 Å². The van der Waals surface area contributed by atoms with Gasteiger partial charge >= 0.3 is 0 Å². The monoisotopic (exact) mass is 242 g/mol. The maximum Gasteiger partial charge on any atom is 0.134 e. The second kappa shape index (κ2) is 4.04. The molecule has 3 aromatic rings. The van der Waals surface area contributed by atoms with Crippen molar-refractivity contribution in [2.45, 2.75) is 20.3 Å². The third kappa shape index (κ3) is 2.01. The van der Waals surface area contributed by atoms with Crippen LogP contribution in [0.5, 0.6) is 0 Å². The van der Waals surface area contributed by atoms with Gasteiger partial charge in [0.15, 0.2) is 0 Å². The van der Waals surface area contributed by atoms with Gasteiger partial charge in [0.25, 0.3) is 0 Å². The molecule has 3 rings (SSSR count). The van der Waals surface area contributed by atoms with Crippen molar-refractivity contribution < 1.29 is 4.42 Å². The van der Waals surface area contributed by atoms with Crippen LogP contribution in [0.4, 0.5) is 0 Å². The number of furan rings is 1. The van der Waals surface area contributed by atoms with Crippen LogP contribution in [0.1, 0.15) is 20.9 Å². The summed E-state index contributed by atoms with van der Waals surface area (Å²) >= 11 is 1.86.